The first kappa shape index (κ1) is 26.6. The molecular formula is C29H33N3O4. The number of nitrogens with zero attached hydrogens (tertiary/aromatic N) is 1. The molecule has 0 fully saturated rings. The van der Waals surface area contributed by atoms with Gasteiger partial charge in [0.1, 0.15) is 12.3 Å². The van der Waals surface area contributed by atoms with Crippen LogP contribution in [0.3, 0.4) is 0 Å². The van der Waals surface area contributed by atoms with Crippen LogP contribution in [0.5, 0.6) is 0 Å². The van der Waals surface area contributed by atoms with Crippen LogP contribution in [-0.4, -0.2) is 35.4 Å². The van der Waals surface area contributed by atoms with Crippen LogP contribution in [0.4, 0.5) is 4.79 Å². The lowest BCUT2D eigenvalue weighted by molar-refractivity contribution is -0.121. The van der Waals surface area contributed by atoms with E-state index in [-0.39, 0.29) is 30.6 Å². The van der Waals surface area contributed by atoms with E-state index in [9.17, 15) is 14.4 Å². The highest BCUT2D eigenvalue weighted by molar-refractivity contribution is 6.00. The Kier molecular flexibility index (Phi) is 10.6. The summed E-state index contributed by atoms with van der Waals surface area (Å²) in [6, 6.07) is 23.9. The maximum atomic E-state index is 13.1. The number of nitrogens with one attached hydrogen (secondary N) is 2. The van der Waals surface area contributed by atoms with Gasteiger partial charge >= 0.3 is 6.09 Å². The highest BCUT2D eigenvalue weighted by Gasteiger charge is 2.25. The van der Waals surface area contributed by atoms with Gasteiger partial charge in [-0.25, -0.2) is 4.79 Å². The molecule has 2 N–H and O–H groups in total. The standard InChI is InChI=1S/C29H33N3O4/c1-22(24-14-6-3-7-15-24)20-26(28(34)25-16-8-10-18-30-25)32-27(33)17-9-11-19-31-29(35)36-21-23-12-4-2-5-13-23/h2-8,10,12-16,18,22,26H,9,11,17,19-21H2,1H3,(H,31,35)(H,32,33)/t22?,26-/m0/s1. The van der Waals surface area contributed by atoms with Crippen LogP contribution in [0.1, 0.15) is 60.1 Å². The van der Waals surface area contributed by atoms with Gasteiger partial charge in [-0.2, -0.15) is 0 Å². The van der Waals surface area contributed by atoms with Crippen LogP contribution >= 0.6 is 0 Å². The van der Waals surface area contributed by atoms with Crippen molar-refractivity contribution in [3.63, 3.8) is 0 Å². The molecule has 2 aromatic carbocycles. The third-order valence-corrected chi connectivity index (χ3v) is 5.84. The number of unbranched alkanes of at least 4 members (excludes halogenated alkanes) is 1. The number of carbonyl (C=O) groups excluding carboxylic acids is 3. The number of pyridine rings is 1. The number of carbonyl (C=O) groups is 3. The van der Waals surface area contributed by atoms with Crippen molar-refractivity contribution in [2.45, 2.75) is 51.2 Å². The van der Waals surface area contributed by atoms with Crippen LogP contribution < -0.4 is 10.6 Å². The fourth-order valence-electron chi connectivity index (χ4n) is 3.83. The zero-order valence-electron chi connectivity index (χ0n) is 20.6. The zero-order valence-corrected chi connectivity index (χ0v) is 20.6. The zero-order chi connectivity index (χ0) is 25.6. The van der Waals surface area contributed by atoms with Gasteiger partial charge in [-0.15, -0.1) is 0 Å². The fraction of sp³-hybridized carbons (Fsp3) is 0.310. The molecule has 3 aromatic rings. The van der Waals surface area contributed by atoms with Crippen molar-refractivity contribution < 1.29 is 19.1 Å². The van der Waals surface area contributed by atoms with Gasteiger partial charge in [-0.05, 0) is 48.4 Å². The topological polar surface area (TPSA) is 97.4 Å². The molecule has 7 nitrogen and oxygen atoms in total. The molecule has 2 atom stereocenters. The summed E-state index contributed by atoms with van der Waals surface area (Å²) in [4.78, 5) is 41.8. The monoisotopic (exact) mass is 487 g/mol. The Morgan fingerprint density at radius 2 is 1.58 bits per heavy atom. The van der Waals surface area contributed by atoms with E-state index in [1.165, 1.54) is 0 Å². The van der Waals surface area contributed by atoms with Crippen LogP contribution in [0.25, 0.3) is 0 Å². The lowest BCUT2D eigenvalue weighted by atomic mass is 9.91. The summed E-state index contributed by atoms with van der Waals surface area (Å²) in [7, 11) is 0. The number of rotatable bonds is 13. The highest BCUT2D eigenvalue weighted by Crippen LogP contribution is 2.22. The van der Waals surface area contributed by atoms with E-state index in [1.807, 2.05) is 67.6 Å². The Morgan fingerprint density at radius 1 is 0.889 bits per heavy atom. The highest BCUT2D eigenvalue weighted by atomic mass is 16.5. The lowest BCUT2D eigenvalue weighted by Crippen LogP contribution is -2.42. The number of benzene rings is 2. The third-order valence-electron chi connectivity index (χ3n) is 5.84. The molecule has 0 aliphatic carbocycles. The van der Waals surface area contributed by atoms with Crippen LogP contribution in [0, 0.1) is 0 Å². The molecule has 188 valence electrons. The molecule has 3 rings (SSSR count). The van der Waals surface area contributed by atoms with Gasteiger partial charge in [0.25, 0.3) is 0 Å². The first-order valence-corrected chi connectivity index (χ1v) is 12.3. The predicted octanol–water partition coefficient (Wildman–Crippen LogP) is 5.04. The van der Waals surface area contributed by atoms with Crippen molar-refractivity contribution in [1.29, 1.82) is 0 Å². The quantitative estimate of drug-likeness (QED) is 0.260. The number of alkyl carbamates (subject to hydrolysis) is 1. The van der Waals surface area contributed by atoms with E-state index in [0.29, 0.717) is 31.5 Å². The number of aromatic nitrogens is 1. The molecule has 0 saturated heterocycles. The number of hydrogen-bond donors (Lipinski definition) is 2. The van der Waals surface area contributed by atoms with Gasteiger partial charge in [0.2, 0.25) is 11.7 Å². The molecule has 0 aliphatic rings. The van der Waals surface area contributed by atoms with Crippen LogP contribution in [0.2, 0.25) is 0 Å². The van der Waals surface area contributed by atoms with Crippen molar-refractivity contribution in [1.82, 2.24) is 15.6 Å². The number of hydrogen-bond acceptors (Lipinski definition) is 5. The number of ketones is 1. The van der Waals surface area contributed by atoms with E-state index in [0.717, 1.165) is 11.1 Å². The van der Waals surface area contributed by atoms with E-state index >= 15 is 0 Å². The van der Waals surface area contributed by atoms with Gasteiger partial charge in [0, 0.05) is 19.2 Å². The van der Waals surface area contributed by atoms with Gasteiger partial charge < -0.3 is 15.4 Å². The summed E-state index contributed by atoms with van der Waals surface area (Å²) in [5, 5.41) is 5.61. The maximum Gasteiger partial charge on any atom is 0.407 e. The molecule has 1 heterocycles. The lowest BCUT2D eigenvalue weighted by Gasteiger charge is -2.21. The molecule has 7 heteroatoms. The molecule has 0 aliphatic heterocycles. The summed E-state index contributed by atoms with van der Waals surface area (Å²) in [6.45, 7) is 2.66. The second-order valence-corrected chi connectivity index (χ2v) is 8.69. The molecule has 0 spiro atoms. The second kappa shape index (κ2) is 14.4. The number of Topliss-reactive ketones (excluding diaryl/α,β-unsaturated/α-hetero) is 1. The number of ether oxygens (including phenoxy) is 1. The van der Waals surface area contributed by atoms with Gasteiger partial charge in [-0.3, -0.25) is 14.6 Å². The van der Waals surface area contributed by atoms with E-state index in [1.54, 1.807) is 24.4 Å². The molecule has 0 bridgehead atoms. The molecule has 1 unspecified atom stereocenters. The van der Waals surface area contributed by atoms with Gasteiger partial charge in [0.15, 0.2) is 0 Å². The first-order valence-electron chi connectivity index (χ1n) is 12.3. The Balaban J connectivity index is 1.44. The number of amides is 2. The van der Waals surface area contributed by atoms with Crippen molar-refractivity contribution in [2.75, 3.05) is 6.54 Å². The van der Waals surface area contributed by atoms with Gasteiger partial charge in [0.05, 0.1) is 6.04 Å². The Morgan fingerprint density at radius 3 is 2.28 bits per heavy atom. The summed E-state index contributed by atoms with van der Waals surface area (Å²) in [5.74, 6) is -0.319. The average Bonchev–Trinajstić information content (AvgIpc) is 2.92. The molecule has 1 aromatic heterocycles. The SMILES string of the molecule is CC(C[C@H](NC(=O)CCCCNC(=O)OCc1ccccc1)C(=O)c1ccccn1)c1ccccc1. The average molecular weight is 488 g/mol. The van der Waals surface area contributed by atoms with E-state index in [4.69, 9.17) is 4.74 Å². The minimum Gasteiger partial charge on any atom is -0.445 e. The van der Waals surface area contributed by atoms with Crippen molar-refractivity contribution >= 4 is 17.8 Å². The van der Waals surface area contributed by atoms with E-state index in [2.05, 4.69) is 15.6 Å². The van der Waals surface area contributed by atoms with Crippen molar-refractivity contribution in [3.05, 3.63) is 102 Å². The Hall–Kier alpha value is -4.00. The van der Waals surface area contributed by atoms with Crippen LogP contribution in [0.15, 0.2) is 85.1 Å². The maximum absolute atomic E-state index is 13.1. The molecule has 36 heavy (non-hydrogen) atoms. The first-order chi connectivity index (χ1) is 17.5. The minimum absolute atomic E-state index is 0.0789. The fourth-order valence-corrected chi connectivity index (χ4v) is 3.83. The van der Waals surface area contributed by atoms with Crippen molar-refractivity contribution in [3.8, 4) is 0 Å². The predicted molar refractivity (Wildman–Crippen MR) is 138 cm³/mol. The molecule has 0 radical (unpaired) electrons. The minimum atomic E-state index is -0.673. The normalized spacial score (nSPS) is 12.2. The summed E-state index contributed by atoms with van der Waals surface area (Å²) in [5.41, 5.74) is 2.36. The Bertz CT molecular complexity index is 1090. The van der Waals surface area contributed by atoms with E-state index < -0.39 is 12.1 Å². The summed E-state index contributed by atoms with van der Waals surface area (Å²) >= 11 is 0. The summed E-state index contributed by atoms with van der Waals surface area (Å²) in [6.07, 6.45) is 3.01. The Labute approximate surface area is 212 Å². The smallest absolute Gasteiger partial charge is 0.407 e. The van der Waals surface area contributed by atoms with Gasteiger partial charge in [-0.1, -0.05) is 73.7 Å². The molecule has 2 amide bonds. The molecule has 0 saturated carbocycles. The van der Waals surface area contributed by atoms with Crippen LogP contribution in [-0.2, 0) is 16.1 Å². The summed E-state index contributed by atoms with van der Waals surface area (Å²) < 4.78 is 5.18. The third kappa shape index (κ3) is 8.98. The van der Waals surface area contributed by atoms with Crippen molar-refractivity contribution in [2.24, 2.45) is 0 Å². The largest absolute Gasteiger partial charge is 0.445 e. The molecular weight excluding hydrogens is 454 g/mol. The second-order valence-electron chi connectivity index (χ2n) is 8.69.